The molecule has 0 spiro atoms. The molecular formula is C27H28N4O3S. The van der Waals surface area contributed by atoms with Gasteiger partial charge in [-0.25, -0.2) is 13.4 Å². The van der Waals surface area contributed by atoms with E-state index in [0.717, 1.165) is 17.0 Å². The lowest BCUT2D eigenvalue weighted by Gasteiger charge is -2.12. The van der Waals surface area contributed by atoms with Crippen LogP contribution < -0.4 is 10.0 Å². The molecule has 1 amide bonds. The van der Waals surface area contributed by atoms with E-state index in [1.54, 1.807) is 36.5 Å². The fourth-order valence-electron chi connectivity index (χ4n) is 3.74. The van der Waals surface area contributed by atoms with Crippen molar-refractivity contribution < 1.29 is 13.2 Å². The van der Waals surface area contributed by atoms with Gasteiger partial charge >= 0.3 is 0 Å². The summed E-state index contributed by atoms with van der Waals surface area (Å²) in [6.45, 7) is 6.76. The largest absolute Gasteiger partial charge is 0.330 e. The first-order chi connectivity index (χ1) is 16.7. The maximum atomic E-state index is 12.9. The van der Waals surface area contributed by atoms with E-state index in [-0.39, 0.29) is 16.4 Å². The van der Waals surface area contributed by atoms with Crippen LogP contribution in [0.5, 0.6) is 0 Å². The van der Waals surface area contributed by atoms with Gasteiger partial charge in [-0.15, -0.1) is 0 Å². The number of imidazole rings is 1. The van der Waals surface area contributed by atoms with Crippen LogP contribution in [-0.2, 0) is 16.6 Å². The molecule has 0 aliphatic heterocycles. The first-order valence-corrected chi connectivity index (χ1v) is 12.8. The Morgan fingerprint density at radius 2 is 1.71 bits per heavy atom. The summed E-state index contributed by atoms with van der Waals surface area (Å²) in [4.78, 5) is 17.4. The number of carbonyl (C=O) groups is 1. The van der Waals surface area contributed by atoms with Gasteiger partial charge in [0.05, 0.1) is 4.90 Å². The molecule has 0 aliphatic carbocycles. The molecule has 4 rings (SSSR count). The minimum absolute atomic E-state index is 0.0146. The van der Waals surface area contributed by atoms with Gasteiger partial charge in [-0.2, -0.15) is 0 Å². The summed E-state index contributed by atoms with van der Waals surface area (Å²) in [5, 5.41) is 2.87. The second-order valence-corrected chi connectivity index (χ2v) is 10.4. The zero-order chi connectivity index (χ0) is 25.0. The minimum Gasteiger partial charge on any atom is -0.330 e. The second-order valence-electron chi connectivity index (χ2n) is 8.72. The number of anilines is 2. The molecule has 0 atom stereocenters. The Balaban J connectivity index is 1.49. The molecule has 0 bridgehead atoms. The van der Waals surface area contributed by atoms with Crippen molar-refractivity contribution in [3.8, 4) is 0 Å². The summed E-state index contributed by atoms with van der Waals surface area (Å²) in [6.07, 6.45) is 3.73. The Kier molecular flexibility index (Phi) is 7.02. The van der Waals surface area contributed by atoms with E-state index in [0.29, 0.717) is 23.8 Å². The maximum absolute atomic E-state index is 12.9. The molecule has 2 N–H and O–H groups in total. The van der Waals surface area contributed by atoms with Crippen molar-refractivity contribution in [1.82, 2.24) is 9.55 Å². The molecule has 8 heteroatoms. The molecule has 0 fully saturated rings. The van der Waals surface area contributed by atoms with Crippen molar-refractivity contribution in [2.75, 3.05) is 10.0 Å². The number of aryl methyl sites for hydroxylation is 1. The van der Waals surface area contributed by atoms with E-state index in [2.05, 4.69) is 33.4 Å². The highest BCUT2D eigenvalue weighted by Crippen LogP contribution is 2.20. The molecule has 0 unspecified atom stereocenters. The lowest BCUT2D eigenvalue weighted by molar-refractivity contribution is 0.102. The van der Waals surface area contributed by atoms with E-state index in [4.69, 9.17) is 0 Å². The van der Waals surface area contributed by atoms with Crippen LogP contribution >= 0.6 is 0 Å². The summed E-state index contributed by atoms with van der Waals surface area (Å²) in [6, 6.07) is 20.6. The number of benzene rings is 3. The Bertz CT molecular complexity index is 1440. The maximum Gasteiger partial charge on any atom is 0.261 e. The molecule has 0 saturated carbocycles. The van der Waals surface area contributed by atoms with Crippen LogP contribution in [-0.4, -0.2) is 23.9 Å². The number of sulfonamides is 1. The normalized spacial score (nSPS) is 11.4. The lowest BCUT2D eigenvalue weighted by atomic mass is 10.1. The standard InChI is InChI=1S/C27H28N4O3S/c1-19(2)26-28-14-15-31(26)18-21-6-4-8-24(16-21)29-27(32)22-7-5-9-25(17-22)35(33,34)30-23-12-10-20(3)11-13-23/h4-17,19,30H,18H2,1-3H3,(H,29,32). The fraction of sp³-hybridized carbons (Fsp3) is 0.185. The molecule has 0 saturated heterocycles. The average Bonchev–Trinajstić information content (AvgIpc) is 3.29. The number of hydrogen-bond donors (Lipinski definition) is 2. The van der Waals surface area contributed by atoms with Gasteiger partial charge in [-0.3, -0.25) is 9.52 Å². The van der Waals surface area contributed by atoms with Gasteiger partial charge in [-0.05, 0) is 55.0 Å². The molecule has 1 heterocycles. The minimum atomic E-state index is -3.84. The highest BCUT2D eigenvalue weighted by Gasteiger charge is 2.17. The highest BCUT2D eigenvalue weighted by atomic mass is 32.2. The lowest BCUT2D eigenvalue weighted by Crippen LogP contribution is -2.16. The van der Waals surface area contributed by atoms with E-state index in [9.17, 15) is 13.2 Å². The van der Waals surface area contributed by atoms with Crippen LogP contribution in [0.3, 0.4) is 0 Å². The molecule has 4 aromatic rings. The van der Waals surface area contributed by atoms with Crippen LogP contribution in [0.1, 0.15) is 47.1 Å². The number of amides is 1. The molecule has 1 aromatic heterocycles. The SMILES string of the molecule is Cc1ccc(NS(=O)(=O)c2cccc(C(=O)Nc3cccc(Cn4ccnc4C(C)C)c3)c2)cc1. The van der Waals surface area contributed by atoms with E-state index in [1.165, 1.54) is 12.1 Å². The van der Waals surface area contributed by atoms with Crippen molar-refractivity contribution >= 4 is 27.3 Å². The quantitative estimate of drug-likeness (QED) is 0.347. The van der Waals surface area contributed by atoms with Crippen LogP contribution in [0, 0.1) is 6.92 Å². The number of nitrogens with zero attached hydrogens (tertiary/aromatic N) is 2. The summed E-state index contributed by atoms with van der Waals surface area (Å²) < 4.78 is 30.3. The van der Waals surface area contributed by atoms with Gasteiger partial charge in [0.1, 0.15) is 5.82 Å². The third-order valence-electron chi connectivity index (χ3n) is 5.51. The van der Waals surface area contributed by atoms with Crippen molar-refractivity contribution in [2.45, 2.75) is 38.1 Å². The number of nitrogens with one attached hydrogen (secondary N) is 2. The third-order valence-corrected chi connectivity index (χ3v) is 6.89. The average molecular weight is 489 g/mol. The molecule has 7 nitrogen and oxygen atoms in total. The Labute approximate surface area is 205 Å². The Morgan fingerprint density at radius 1 is 0.971 bits per heavy atom. The predicted molar refractivity (Wildman–Crippen MR) is 138 cm³/mol. The summed E-state index contributed by atoms with van der Waals surface area (Å²) in [5.41, 5.74) is 3.38. The number of rotatable bonds is 8. The first-order valence-electron chi connectivity index (χ1n) is 11.3. The van der Waals surface area contributed by atoms with E-state index >= 15 is 0 Å². The van der Waals surface area contributed by atoms with Gasteiger partial charge in [-0.1, -0.05) is 49.7 Å². The van der Waals surface area contributed by atoms with Crippen molar-refractivity contribution in [2.24, 2.45) is 0 Å². The molecule has 3 aromatic carbocycles. The van der Waals surface area contributed by atoms with Crippen LogP contribution in [0.25, 0.3) is 0 Å². The summed E-state index contributed by atoms with van der Waals surface area (Å²) >= 11 is 0. The Hall–Kier alpha value is -3.91. The highest BCUT2D eigenvalue weighted by molar-refractivity contribution is 7.92. The monoisotopic (exact) mass is 488 g/mol. The van der Waals surface area contributed by atoms with Crippen LogP contribution in [0.15, 0.2) is 90.1 Å². The van der Waals surface area contributed by atoms with Gasteiger partial charge in [0.2, 0.25) is 0 Å². The van der Waals surface area contributed by atoms with Gasteiger partial charge < -0.3 is 9.88 Å². The zero-order valence-electron chi connectivity index (χ0n) is 19.9. The Morgan fingerprint density at radius 3 is 2.46 bits per heavy atom. The van der Waals surface area contributed by atoms with Crippen LogP contribution in [0.4, 0.5) is 11.4 Å². The topological polar surface area (TPSA) is 93.1 Å². The van der Waals surface area contributed by atoms with E-state index in [1.807, 2.05) is 43.5 Å². The zero-order valence-corrected chi connectivity index (χ0v) is 20.7. The number of aromatic nitrogens is 2. The molecule has 0 radical (unpaired) electrons. The van der Waals surface area contributed by atoms with Crippen LogP contribution in [0.2, 0.25) is 0 Å². The number of hydrogen-bond acceptors (Lipinski definition) is 4. The van der Waals surface area contributed by atoms with Crippen molar-refractivity contribution in [1.29, 1.82) is 0 Å². The third kappa shape index (κ3) is 5.96. The molecule has 35 heavy (non-hydrogen) atoms. The van der Waals surface area contributed by atoms with Gasteiger partial charge in [0.15, 0.2) is 0 Å². The summed E-state index contributed by atoms with van der Waals surface area (Å²) in [5.74, 6) is 0.911. The van der Waals surface area contributed by atoms with Gasteiger partial charge in [0, 0.05) is 41.8 Å². The first kappa shape index (κ1) is 24.2. The van der Waals surface area contributed by atoms with Crippen molar-refractivity contribution in [3.63, 3.8) is 0 Å². The number of carbonyl (C=O) groups excluding carboxylic acids is 1. The van der Waals surface area contributed by atoms with Crippen molar-refractivity contribution in [3.05, 3.63) is 108 Å². The van der Waals surface area contributed by atoms with E-state index < -0.39 is 10.0 Å². The second kappa shape index (κ2) is 10.1. The smallest absolute Gasteiger partial charge is 0.261 e. The molecule has 180 valence electrons. The summed E-state index contributed by atoms with van der Waals surface area (Å²) in [7, 11) is -3.84. The molecular weight excluding hydrogens is 460 g/mol. The fourth-order valence-corrected chi connectivity index (χ4v) is 4.85. The van der Waals surface area contributed by atoms with Gasteiger partial charge in [0.25, 0.3) is 15.9 Å². The predicted octanol–water partition coefficient (Wildman–Crippen LogP) is 5.42. The molecule has 0 aliphatic rings.